The fourth-order valence-electron chi connectivity index (χ4n) is 1.82. The maximum atomic E-state index is 6.17. The molecule has 0 saturated carbocycles. The first-order chi connectivity index (χ1) is 9.08. The molecule has 0 fully saturated rings. The van der Waals surface area contributed by atoms with E-state index in [2.05, 4.69) is 40.3 Å². The largest absolute Gasteiger partial charge is 0.306 e. The second kappa shape index (κ2) is 6.76. The monoisotopic (exact) mass is 357 g/mol. The molecule has 0 aromatic heterocycles. The van der Waals surface area contributed by atoms with E-state index in [0.29, 0.717) is 16.6 Å². The number of halogens is 3. The SMILES string of the molecule is CC(NCc1cccc(Cl)c1Cl)c1ccc(Br)cc1. The molecule has 0 aliphatic rings. The standard InChI is InChI=1S/C15H14BrCl2N/c1-10(11-5-7-13(16)8-6-11)19-9-12-3-2-4-14(17)15(12)18/h2-8,10,19H,9H2,1H3. The van der Waals surface area contributed by atoms with E-state index in [1.807, 2.05) is 24.3 Å². The van der Waals surface area contributed by atoms with E-state index in [9.17, 15) is 0 Å². The summed E-state index contributed by atoms with van der Waals surface area (Å²) in [5, 5.41) is 4.66. The number of rotatable bonds is 4. The summed E-state index contributed by atoms with van der Waals surface area (Å²) in [7, 11) is 0. The fourth-order valence-corrected chi connectivity index (χ4v) is 2.47. The lowest BCUT2D eigenvalue weighted by Gasteiger charge is -2.15. The van der Waals surface area contributed by atoms with Crippen molar-refractivity contribution < 1.29 is 0 Å². The Bertz CT molecular complexity index is 555. The van der Waals surface area contributed by atoms with Crippen LogP contribution in [0.25, 0.3) is 0 Å². The average molecular weight is 359 g/mol. The normalized spacial score (nSPS) is 12.4. The number of hydrogen-bond acceptors (Lipinski definition) is 1. The highest BCUT2D eigenvalue weighted by atomic mass is 79.9. The molecule has 0 saturated heterocycles. The maximum absolute atomic E-state index is 6.17. The highest BCUT2D eigenvalue weighted by Crippen LogP contribution is 2.26. The predicted molar refractivity (Wildman–Crippen MR) is 85.9 cm³/mol. The zero-order chi connectivity index (χ0) is 13.8. The topological polar surface area (TPSA) is 12.0 Å². The van der Waals surface area contributed by atoms with Crippen molar-refractivity contribution in [2.24, 2.45) is 0 Å². The van der Waals surface area contributed by atoms with Gasteiger partial charge in [0.15, 0.2) is 0 Å². The van der Waals surface area contributed by atoms with Gasteiger partial charge in [0.25, 0.3) is 0 Å². The van der Waals surface area contributed by atoms with E-state index in [1.165, 1.54) is 5.56 Å². The third kappa shape index (κ3) is 3.96. The Morgan fingerprint density at radius 2 is 1.79 bits per heavy atom. The first kappa shape index (κ1) is 14.9. The van der Waals surface area contributed by atoms with Crippen molar-refractivity contribution in [2.75, 3.05) is 0 Å². The van der Waals surface area contributed by atoms with Crippen LogP contribution >= 0.6 is 39.1 Å². The molecule has 2 rings (SSSR count). The quantitative estimate of drug-likeness (QED) is 0.749. The summed E-state index contributed by atoms with van der Waals surface area (Å²) in [5.41, 5.74) is 2.25. The second-order valence-electron chi connectivity index (χ2n) is 4.37. The van der Waals surface area contributed by atoms with Crippen molar-refractivity contribution in [2.45, 2.75) is 19.5 Å². The van der Waals surface area contributed by atoms with Gasteiger partial charge in [-0.25, -0.2) is 0 Å². The third-order valence-electron chi connectivity index (χ3n) is 3.00. The van der Waals surface area contributed by atoms with Crippen LogP contribution in [0, 0.1) is 0 Å². The predicted octanol–water partition coefficient (Wildman–Crippen LogP) is 5.61. The van der Waals surface area contributed by atoms with Crippen LogP contribution in [0.15, 0.2) is 46.9 Å². The minimum absolute atomic E-state index is 0.253. The smallest absolute Gasteiger partial charge is 0.0637 e. The lowest BCUT2D eigenvalue weighted by atomic mass is 10.1. The number of nitrogens with one attached hydrogen (secondary N) is 1. The van der Waals surface area contributed by atoms with Gasteiger partial charge in [-0.15, -0.1) is 0 Å². The second-order valence-corrected chi connectivity index (χ2v) is 6.07. The van der Waals surface area contributed by atoms with Gasteiger partial charge in [-0.2, -0.15) is 0 Å². The van der Waals surface area contributed by atoms with Gasteiger partial charge in [-0.1, -0.05) is 63.4 Å². The summed E-state index contributed by atoms with van der Waals surface area (Å²) >= 11 is 15.6. The molecule has 0 amide bonds. The van der Waals surface area contributed by atoms with Crippen LogP contribution in [-0.2, 0) is 6.54 Å². The Balaban J connectivity index is 2.02. The Hall–Kier alpha value is -0.540. The van der Waals surface area contributed by atoms with Gasteiger partial charge in [-0.3, -0.25) is 0 Å². The van der Waals surface area contributed by atoms with Gasteiger partial charge in [0.2, 0.25) is 0 Å². The molecule has 2 aromatic rings. The minimum Gasteiger partial charge on any atom is -0.306 e. The van der Waals surface area contributed by atoms with E-state index in [-0.39, 0.29) is 6.04 Å². The molecular weight excluding hydrogens is 345 g/mol. The van der Waals surface area contributed by atoms with Crippen LogP contribution in [0.2, 0.25) is 10.0 Å². The molecule has 2 aromatic carbocycles. The first-order valence-electron chi connectivity index (χ1n) is 5.99. The van der Waals surface area contributed by atoms with E-state index in [1.54, 1.807) is 6.07 Å². The summed E-state index contributed by atoms with van der Waals surface area (Å²) in [6.07, 6.45) is 0. The summed E-state index contributed by atoms with van der Waals surface area (Å²) in [6.45, 7) is 2.82. The molecule has 0 bridgehead atoms. The summed E-state index contributed by atoms with van der Waals surface area (Å²) in [6, 6.07) is 14.2. The third-order valence-corrected chi connectivity index (χ3v) is 4.39. The zero-order valence-electron chi connectivity index (χ0n) is 10.5. The molecule has 0 heterocycles. The molecule has 4 heteroatoms. The maximum Gasteiger partial charge on any atom is 0.0637 e. The lowest BCUT2D eigenvalue weighted by Crippen LogP contribution is -2.18. The van der Waals surface area contributed by atoms with E-state index in [0.717, 1.165) is 10.0 Å². The average Bonchev–Trinajstić information content (AvgIpc) is 2.41. The molecule has 1 nitrogen and oxygen atoms in total. The molecule has 1 unspecified atom stereocenters. The van der Waals surface area contributed by atoms with Crippen molar-refractivity contribution in [3.05, 3.63) is 68.1 Å². The van der Waals surface area contributed by atoms with Crippen molar-refractivity contribution in [1.82, 2.24) is 5.32 Å². The summed E-state index contributed by atoms with van der Waals surface area (Å²) in [5.74, 6) is 0. The Labute approximate surface area is 132 Å². The van der Waals surface area contributed by atoms with Crippen LogP contribution in [0.3, 0.4) is 0 Å². The van der Waals surface area contributed by atoms with Gasteiger partial charge in [0.05, 0.1) is 10.0 Å². The Kier molecular flexibility index (Phi) is 5.28. The first-order valence-corrected chi connectivity index (χ1v) is 7.54. The van der Waals surface area contributed by atoms with Crippen molar-refractivity contribution in [3.63, 3.8) is 0 Å². The Morgan fingerprint density at radius 3 is 2.47 bits per heavy atom. The molecular formula is C15H14BrCl2N. The van der Waals surface area contributed by atoms with Gasteiger partial charge in [0.1, 0.15) is 0 Å². The fraction of sp³-hybridized carbons (Fsp3) is 0.200. The van der Waals surface area contributed by atoms with Gasteiger partial charge >= 0.3 is 0 Å². The minimum atomic E-state index is 0.253. The molecule has 19 heavy (non-hydrogen) atoms. The molecule has 1 atom stereocenters. The van der Waals surface area contributed by atoms with Gasteiger partial charge < -0.3 is 5.32 Å². The molecule has 100 valence electrons. The van der Waals surface area contributed by atoms with Crippen LogP contribution in [-0.4, -0.2) is 0 Å². The van der Waals surface area contributed by atoms with Crippen molar-refractivity contribution in [1.29, 1.82) is 0 Å². The van der Waals surface area contributed by atoms with E-state index < -0.39 is 0 Å². The van der Waals surface area contributed by atoms with Crippen LogP contribution in [0.4, 0.5) is 0 Å². The number of benzene rings is 2. The number of hydrogen-bond donors (Lipinski definition) is 1. The van der Waals surface area contributed by atoms with Gasteiger partial charge in [0, 0.05) is 17.1 Å². The lowest BCUT2D eigenvalue weighted by molar-refractivity contribution is 0.575. The summed E-state index contributed by atoms with van der Waals surface area (Å²) < 4.78 is 1.08. The molecule has 0 aliphatic heterocycles. The van der Waals surface area contributed by atoms with Crippen molar-refractivity contribution in [3.8, 4) is 0 Å². The highest BCUT2D eigenvalue weighted by molar-refractivity contribution is 9.10. The zero-order valence-corrected chi connectivity index (χ0v) is 13.6. The van der Waals surface area contributed by atoms with E-state index in [4.69, 9.17) is 23.2 Å². The molecule has 0 radical (unpaired) electrons. The Morgan fingerprint density at radius 1 is 1.11 bits per heavy atom. The van der Waals surface area contributed by atoms with Crippen LogP contribution in [0.1, 0.15) is 24.1 Å². The van der Waals surface area contributed by atoms with Gasteiger partial charge in [-0.05, 0) is 36.2 Å². The molecule has 1 N–H and O–H groups in total. The molecule has 0 spiro atoms. The van der Waals surface area contributed by atoms with Crippen LogP contribution in [0.5, 0.6) is 0 Å². The highest BCUT2D eigenvalue weighted by Gasteiger charge is 2.08. The van der Waals surface area contributed by atoms with Crippen molar-refractivity contribution >= 4 is 39.1 Å². The van der Waals surface area contributed by atoms with E-state index >= 15 is 0 Å². The summed E-state index contributed by atoms with van der Waals surface area (Å²) in [4.78, 5) is 0. The molecule has 0 aliphatic carbocycles. The van der Waals surface area contributed by atoms with Crippen LogP contribution < -0.4 is 5.32 Å².